The van der Waals surface area contributed by atoms with E-state index in [2.05, 4.69) is 15.6 Å². The Labute approximate surface area is 141 Å². The van der Waals surface area contributed by atoms with Crippen LogP contribution < -0.4 is 10.6 Å². The number of nitrogens with zero attached hydrogens (tertiary/aromatic N) is 1. The first-order valence-corrected chi connectivity index (χ1v) is 8.37. The molecule has 4 nitrogen and oxygen atoms in total. The average molecular weight is 330 g/mol. The summed E-state index contributed by atoms with van der Waals surface area (Å²) in [5, 5.41) is 6.93. The largest absolute Gasteiger partial charge is 0.353 e. The van der Waals surface area contributed by atoms with E-state index in [1.165, 1.54) is 19.3 Å². The van der Waals surface area contributed by atoms with Crippen LogP contribution in [-0.2, 0) is 0 Å². The number of carbonyl (C=O) groups excluding carboxylic acids is 1. The smallest absolute Gasteiger partial charge is 0.253 e. The summed E-state index contributed by atoms with van der Waals surface area (Å²) < 4.78 is 0. The van der Waals surface area contributed by atoms with E-state index in [1.54, 1.807) is 18.5 Å². The van der Waals surface area contributed by atoms with Gasteiger partial charge < -0.3 is 10.6 Å². The number of aromatic nitrogens is 1. The standard InChI is InChI=1S/C18H20ClN3O/c19-16-8-4-5-9-17(16)21-15-10-13(11-20-12-15)18(23)22-14-6-2-1-3-7-14/h4-5,8-12,14,21H,1-3,6-7H2,(H,22,23). The van der Waals surface area contributed by atoms with Crippen LogP contribution in [0.15, 0.2) is 42.7 Å². The third kappa shape index (κ3) is 4.23. The highest BCUT2D eigenvalue weighted by atomic mass is 35.5. The van der Waals surface area contributed by atoms with E-state index in [-0.39, 0.29) is 11.9 Å². The minimum absolute atomic E-state index is 0.0628. The van der Waals surface area contributed by atoms with Crippen LogP contribution in [0.5, 0.6) is 0 Å². The van der Waals surface area contributed by atoms with Crippen LogP contribution in [0, 0.1) is 0 Å². The number of carbonyl (C=O) groups is 1. The van der Waals surface area contributed by atoms with E-state index in [9.17, 15) is 4.79 Å². The summed E-state index contributed by atoms with van der Waals surface area (Å²) in [5.41, 5.74) is 2.10. The summed E-state index contributed by atoms with van der Waals surface area (Å²) >= 11 is 6.14. The number of halogens is 1. The van der Waals surface area contributed by atoms with Crippen LogP contribution >= 0.6 is 11.6 Å². The molecule has 0 spiro atoms. The fraction of sp³-hybridized carbons (Fsp3) is 0.333. The van der Waals surface area contributed by atoms with Gasteiger partial charge in [-0.3, -0.25) is 9.78 Å². The second-order valence-electron chi connectivity index (χ2n) is 5.88. The lowest BCUT2D eigenvalue weighted by molar-refractivity contribution is 0.0927. The second kappa shape index (κ2) is 7.47. The second-order valence-corrected chi connectivity index (χ2v) is 6.28. The molecular weight excluding hydrogens is 310 g/mol. The first-order valence-electron chi connectivity index (χ1n) is 8.00. The Bertz CT molecular complexity index is 683. The number of pyridine rings is 1. The quantitative estimate of drug-likeness (QED) is 0.865. The molecule has 2 N–H and O–H groups in total. The minimum Gasteiger partial charge on any atom is -0.353 e. The number of anilines is 2. The monoisotopic (exact) mass is 329 g/mol. The summed E-state index contributed by atoms with van der Waals surface area (Å²) in [6, 6.07) is 9.57. The van der Waals surface area contributed by atoms with Gasteiger partial charge in [-0.2, -0.15) is 0 Å². The van der Waals surface area contributed by atoms with Crippen LogP contribution in [0.3, 0.4) is 0 Å². The van der Waals surface area contributed by atoms with Crippen molar-refractivity contribution in [3.63, 3.8) is 0 Å². The number of amides is 1. The highest BCUT2D eigenvalue weighted by Gasteiger charge is 2.17. The number of nitrogens with one attached hydrogen (secondary N) is 2. The van der Waals surface area contributed by atoms with E-state index < -0.39 is 0 Å². The van der Waals surface area contributed by atoms with E-state index in [0.29, 0.717) is 10.6 Å². The molecule has 1 amide bonds. The molecule has 0 saturated heterocycles. The highest BCUT2D eigenvalue weighted by Crippen LogP contribution is 2.25. The first kappa shape index (κ1) is 15.8. The molecule has 0 atom stereocenters. The van der Waals surface area contributed by atoms with Crippen molar-refractivity contribution in [3.05, 3.63) is 53.3 Å². The summed E-state index contributed by atoms with van der Waals surface area (Å²) in [7, 11) is 0. The Kier molecular flexibility index (Phi) is 5.13. The van der Waals surface area contributed by atoms with Crippen molar-refractivity contribution in [3.8, 4) is 0 Å². The van der Waals surface area contributed by atoms with Crippen LogP contribution in [0.25, 0.3) is 0 Å². The SMILES string of the molecule is O=C(NC1CCCCC1)c1cncc(Nc2ccccc2Cl)c1. The zero-order valence-electron chi connectivity index (χ0n) is 12.9. The van der Waals surface area contributed by atoms with Crippen LogP contribution in [-0.4, -0.2) is 16.9 Å². The summed E-state index contributed by atoms with van der Waals surface area (Å²) in [6.45, 7) is 0. The molecule has 1 saturated carbocycles. The molecule has 5 heteroatoms. The van der Waals surface area contributed by atoms with Gasteiger partial charge in [0.2, 0.25) is 0 Å². The van der Waals surface area contributed by atoms with Crippen molar-refractivity contribution >= 4 is 28.9 Å². The topological polar surface area (TPSA) is 54.0 Å². The highest BCUT2D eigenvalue weighted by molar-refractivity contribution is 6.33. The molecule has 0 unspecified atom stereocenters. The van der Waals surface area contributed by atoms with Crippen molar-refractivity contribution in [2.24, 2.45) is 0 Å². The fourth-order valence-electron chi connectivity index (χ4n) is 2.87. The van der Waals surface area contributed by atoms with E-state index in [4.69, 9.17) is 11.6 Å². The van der Waals surface area contributed by atoms with Crippen LogP contribution in [0.2, 0.25) is 5.02 Å². The summed E-state index contributed by atoms with van der Waals surface area (Å²) in [6.07, 6.45) is 9.06. The molecule has 0 aliphatic heterocycles. The van der Waals surface area contributed by atoms with E-state index >= 15 is 0 Å². The Morgan fingerprint density at radius 3 is 2.70 bits per heavy atom. The van der Waals surface area contributed by atoms with Gasteiger partial charge in [0.25, 0.3) is 5.91 Å². The molecule has 1 aromatic carbocycles. The number of hydrogen-bond donors (Lipinski definition) is 2. The van der Waals surface area contributed by atoms with Crippen molar-refractivity contribution < 1.29 is 4.79 Å². The van der Waals surface area contributed by atoms with Gasteiger partial charge in [0.05, 0.1) is 28.2 Å². The Morgan fingerprint density at radius 1 is 1.13 bits per heavy atom. The van der Waals surface area contributed by atoms with Gasteiger partial charge in [-0.05, 0) is 31.0 Å². The Morgan fingerprint density at radius 2 is 1.91 bits per heavy atom. The fourth-order valence-corrected chi connectivity index (χ4v) is 3.05. The molecule has 1 heterocycles. The van der Waals surface area contributed by atoms with Crippen molar-refractivity contribution in [2.75, 3.05) is 5.32 Å². The van der Waals surface area contributed by atoms with Gasteiger partial charge in [0, 0.05) is 12.2 Å². The van der Waals surface area contributed by atoms with Crippen molar-refractivity contribution in [1.82, 2.24) is 10.3 Å². The van der Waals surface area contributed by atoms with E-state index in [1.807, 2.05) is 24.3 Å². The maximum Gasteiger partial charge on any atom is 0.253 e. The molecule has 1 fully saturated rings. The number of hydrogen-bond acceptors (Lipinski definition) is 3. The maximum atomic E-state index is 12.4. The zero-order valence-corrected chi connectivity index (χ0v) is 13.6. The minimum atomic E-state index is -0.0628. The molecule has 23 heavy (non-hydrogen) atoms. The van der Waals surface area contributed by atoms with Crippen LogP contribution in [0.4, 0.5) is 11.4 Å². The molecule has 1 aliphatic rings. The summed E-state index contributed by atoms with van der Waals surface area (Å²) in [5.74, 6) is -0.0628. The maximum absolute atomic E-state index is 12.4. The normalized spacial score (nSPS) is 15.2. The van der Waals surface area contributed by atoms with Gasteiger partial charge in [0.15, 0.2) is 0 Å². The lowest BCUT2D eigenvalue weighted by Crippen LogP contribution is -2.36. The molecule has 3 rings (SSSR count). The zero-order chi connectivity index (χ0) is 16.1. The lowest BCUT2D eigenvalue weighted by atomic mass is 9.95. The van der Waals surface area contributed by atoms with Crippen molar-refractivity contribution in [2.45, 2.75) is 38.1 Å². The van der Waals surface area contributed by atoms with Gasteiger partial charge in [-0.1, -0.05) is 43.0 Å². The average Bonchev–Trinajstić information content (AvgIpc) is 2.58. The van der Waals surface area contributed by atoms with Crippen molar-refractivity contribution in [1.29, 1.82) is 0 Å². The Balaban J connectivity index is 1.69. The summed E-state index contributed by atoms with van der Waals surface area (Å²) in [4.78, 5) is 16.5. The van der Waals surface area contributed by atoms with Gasteiger partial charge in [-0.25, -0.2) is 0 Å². The number of para-hydroxylation sites is 1. The number of rotatable bonds is 4. The molecule has 120 valence electrons. The first-order chi connectivity index (χ1) is 11.2. The van der Waals surface area contributed by atoms with Crippen LogP contribution in [0.1, 0.15) is 42.5 Å². The molecule has 2 aromatic rings. The van der Waals surface area contributed by atoms with Gasteiger partial charge >= 0.3 is 0 Å². The molecule has 1 aromatic heterocycles. The lowest BCUT2D eigenvalue weighted by Gasteiger charge is -2.22. The Hall–Kier alpha value is -2.07. The third-order valence-electron chi connectivity index (χ3n) is 4.09. The molecule has 0 radical (unpaired) electrons. The molecule has 1 aliphatic carbocycles. The van der Waals surface area contributed by atoms with E-state index in [0.717, 1.165) is 24.2 Å². The van der Waals surface area contributed by atoms with Gasteiger partial charge in [0.1, 0.15) is 0 Å². The third-order valence-corrected chi connectivity index (χ3v) is 4.42. The molecular formula is C18H20ClN3O. The predicted octanol–water partition coefficient (Wildman–Crippen LogP) is 4.54. The van der Waals surface area contributed by atoms with Gasteiger partial charge in [-0.15, -0.1) is 0 Å². The predicted molar refractivity (Wildman–Crippen MR) is 93.3 cm³/mol. The molecule has 0 bridgehead atoms. The number of benzene rings is 1.